The van der Waals surface area contributed by atoms with Crippen molar-refractivity contribution < 1.29 is 9.53 Å². The molecule has 0 radical (unpaired) electrons. The highest BCUT2D eigenvalue weighted by atomic mass is 35.5. The second kappa shape index (κ2) is 10.1. The number of fused-ring (bicyclic) bond motifs is 2. The Balaban J connectivity index is 1.31. The standard InChI is InChI=1S/C29H28ClN7O2/c1-3-25(38)36-12-6-7-20(15-36)37-29-26(28(31)32-17-33-29)27(34-37)18-10-11-24(22(30)13-18)39-16-19-14-35(2)23-9-5-4-8-21(19)23/h3-5,8-11,13-14,17,20H,1,6-7,12,15-16H2,2H3,(H2,31,32,33). The predicted octanol–water partition coefficient (Wildman–Crippen LogP) is 5.15. The van der Waals surface area contributed by atoms with Crippen LogP contribution in [0.1, 0.15) is 24.4 Å². The third-order valence-electron chi connectivity index (χ3n) is 7.31. The molecule has 1 fully saturated rings. The van der Waals surface area contributed by atoms with E-state index in [1.54, 1.807) is 4.90 Å². The molecule has 6 rings (SSSR count). The molecule has 5 aromatic rings. The molecule has 0 saturated carbocycles. The lowest BCUT2D eigenvalue weighted by Crippen LogP contribution is -2.40. The summed E-state index contributed by atoms with van der Waals surface area (Å²) in [5.74, 6) is 0.826. The molecule has 4 heterocycles. The quantitative estimate of drug-likeness (QED) is 0.298. The molecule has 2 aromatic carbocycles. The van der Waals surface area contributed by atoms with Crippen LogP contribution in [0.5, 0.6) is 5.75 Å². The van der Waals surface area contributed by atoms with Crippen LogP contribution in [0.4, 0.5) is 5.82 Å². The highest BCUT2D eigenvalue weighted by Crippen LogP contribution is 2.37. The second-order valence-electron chi connectivity index (χ2n) is 9.75. The number of aryl methyl sites for hydroxylation is 1. The summed E-state index contributed by atoms with van der Waals surface area (Å²) in [6.45, 7) is 5.23. The first-order valence-corrected chi connectivity index (χ1v) is 13.2. The number of benzene rings is 2. The van der Waals surface area contributed by atoms with Crippen molar-refractivity contribution in [2.45, 2.75) is 25.5 Å². The number of para-hydroxylation sites is 1. The van der Waals surface area contributed by atoms with Crippen LogP contribution in [0.15, 0.2) is 67.6 Å². The van der Waals surface area contributed by atoms with Crippen molar-refractivity contribution in [1.29, 1.82) is 0 Å². The number of anilines is 1. The van der Waals surface area contributed by atoms with E-state index in [2.05, 4.69) is 39.4 Å². The maximum absolute atomic E-state index is 12.3. The van der Waals surface area contributed by atoms with Crippen molar-refractivity contribution in [1.82, 2.24) is 29.2 Å². The molecule has 1 unspecified atom stereocenters. The average Bonchev–Trinajstić information content (AvgIpc) is 3.51. The van der Waals surface area contributed by atoms with Crippen molar-refractivity contribution in [3.05, 3.63) is 78.2 Å². The number of amides is 1. The minimum atomic E-state index is -0.0867. The van der Waals surface area contributed by atoms with Crippen LogP contribution >= 0.6 is 11.6 Å². The van der Waals surface area contributed by atoms with E-state index in [1.807, 2.05) is 42.1 Å². The minimum Gasteiger partial charge on any atom is -0.487 e. The first-order chi connectivity index (χ1) is 18.9. The van der Waals surface area contributed by atoms with E-state index in [0.717, 1.165) is 34.9 Å². The van der Waals surface area contributed by atoms with E-state index < -0.39 is 0 Å². The van der Waals surface area contributed by atoms with E-state index in [9.17, 15) is 4.79 Å². The van der Waals surface area contributed by atoms with Gasteiger partial charge in [-0.25, -0.2) is 14.6 Å². The number of carbonyl (C=O) groups excluding carboxylic acids is 1. The SMILES string of the molecule is C=CC(=O)N1CCCC(n2nc(-c3ccc(OCc4cn(C)c5ccccc45)c(Cl)c3)c3c(N)ncnc32)C1. The van der Waals surface area contributed by atoms with Crippen LogP contribution in [0.3, 0.4) is 0 Å². The smallest absolute Gasteiger partial charge is 0.246 e. The monoisotopic (exact) mass is 541 g/mol. The van der Waals surface area contributed by atoms with Crippen molar-refractivity contribution in [3.63, 3.8) is 0 Å². The lowest BCUT2D eigenvalue weighted by atomic mass is 10.1. The van der Waals surface area contributed by atoms with Crippen molar-refractivity contribution >= 4 is 45.3 Å². The van der Waals surface area contributed by atoms with Crippen molar-refractivity contribution in [2.24, 2.45) is 7.05 Å². The fourth-order valence-electron chi connectivity index (χ4n) is 5.40. The molecule has 3 aromatic heterocycles. The molecule has 198 valence electrons. The maximum atomic E-state index is 12.3. The van der Waals surface area contributed by atoms with Gasteiger partial charge in [-0.3, -0.25) is 4.79 Å². The lowest BCUT2D eigenvalue weighted by molar-refractivity contribution is -0.127. The van der Waals surface area contributed by atoms with Gasteiger partial charge >= 0.3 is 0 Å². The van der Waals surface area contributed by atoms with Crippen LogP contribution in [0.2, 0.25) is 5.02 Å². The van der Waals surface area contributed by atoms with Gasteiger partial charge in [-0.1, -0.05) is 36.4 Å². The van der Waals surface area contributed by atoms with Gasteiger partial charge in [0.25, 0.3) is 0 Å². The molecular formula is C29H28ClN7O2. The molecule has 9 nitrogen and oxygen atoms in total. The summed E-state index contributed by atoms with van der Waals surface area (Å²) in [6.07, 6.45) is 6.58. The Morgan fingerprint density at radius 1 is 1.26 bits per heavy atom. The molecule has 1 amide bonds. The average molecular weight is 542 g/mol. The van der Waals surface area contributed by atoms with Crippen LogP contribution in [0, 0.1) is 0 Å². The number of halogens is 1. The minimum absolute atomic E-state index is 0.0491. The highest BCUT2D eigenvalue weighted by molar-refractivity contribution is 6.32. The molecule has 1 aliphatic heterocycles. The van der Waals surface area contributed by atoms with Gasteiger partial charge in [-0.15, -0.1) is 0 Å². The van der Waals surface area contributed by atoms with E-state index in [-0.39, 0.29) is 11.9 Å². The number of piperidine rings is 1. The number of aromatic nitrogens is 5. The number of ether oxygens (including phenoxy) is 1. The number of likely N-dealkylation sites (tertiary alicyclic amines) is 1. The fourth-order valence-corrected chi connectivity index (χ4v) is 5.63. The molecule has 0 bridgehead atoms. The number of nitrogen functional groups attached to an aromatic ring is 1. The van der Waals surface area contributed by atoms with Gasteiger partial charge in [0.05, 0.1) is 16.5 Å². The Labute approximate surface area is 230 Å². The normalized spacial score (nSPS) is 15.6. The van der Waals surface area contributed by atoms with Gasteiger partial charge in [0.2, 0.25) is 5.91 Å². The summed E-state index contributed by atoms with van der Waals surface area (Å²) in [4.78, 5) is 22.8. The van der Waals surface area contributed by atoms with Crippen LogP contribution in [0.25, 0.3) is 33.2 Å². The summed E-state index contributed by atoms with van der Waals surface area (Å²) in [7, 11) is 2.02. The Morgan fingerprint density at radius 3 is 2.92 bits per heavy atom. The molecule has 1 atom stereocenters. The van der Waals surface area contributed by atoms with Gasteiger partial charge < -0.3 is 19.9 Å². The van der Waals surface area contributed by atoms with Gasteiger partial charge in [0.15, 0.2) is 5.65 Å². The number of carbonyl (C=O) groups is 1. The van der Waals surface area contributed by atoms with Crippen LogP contribution < -0.4 is 10.5 Å². The van der Waals surface area contributed by atoms with Crippen LogP contribution in [-0.2, 0) is 18.4 Å². The van der Waals surface area contributed by atoms with Gasteiger partial charge in [0, 0.05) is 48.4 Å². The molecule has 10 heteroatoms. The van der Waals surface area contributed by atoms with E-state index in [1.165, 1.54) is 12.4 Å². The predicted molar refractivity (Wildman–Crippen MR) is 152 cm³/mol. The zero-order valence-electron chi connectivity index (χ0n) is 21.5. The largest absolute Gasteiger partial charge is 0.487 e. The molecule has 39 heavy (non-hydrogen) atoms. The highest BCUT2D eigenvalue weighted by Gasteiger charge is 2.28. The first kappa shape index (κ1) is 24.9. The Kier molecular flexibility index (Phi) is 6.44. The van der Waals surface area contributed by atoms with Gasteiger partial charge in [-0.2, -0.15) is 5.10 Å². The van der Waals surface area contributed by atoms with Gasteiger partial charge in [0.1, 0.15) is 30.2 Å². The van der Waals surface area contributed by atoms with Gasteiger partial charge in [-0.05, 0) is 43.2 Å². The van der Waals surface area contributed by atoms with E-state index in [0.29, 0.717) is 53.0 Å². The Bertz CT molecular complexity index is 1720. The number of nitrogens with zero attached hydrogens (tertiary/aromatic N) is 6. The second-order valence-corrected chi connectivity index (χ2v) is 10.2. The molecule has 0 aliphatic carbocycles. The summed E-state index contributed by atoms with van der Waals surface area (Å²) in [5, 5.41) is 7.20. The number of nitrogens with two attached hydrogens (primary N) is 1. The summed E-state index contributed by atoms with van der Waals surface area (Å²) < 4.78 is 10.1. The molecule has 1 aliphatic rings. The number of hydrogen-bond donors (Lipinski definition) is 1. The van der Waals surface area contributed by atoms with Crippen molar-refractivity contribution in [3.8, 4) is 17.0 Å². The number of rotatable bonds is 6. The summed E-state index contributed by atoms with van der Waals surface area (Å²) >= 11 is 6.70. The zero-order valence-corrected chi connectivity index (χ0v) is 22.3. The topological polar surface area (TPSA) is 104 Å². The summed E-state index contributed by atoms with van der Waals surface area (Å²) in [5.41, 5.74) is 10.6. The molecule has 1 saturated heterocycles. The van der Waals surface area contributed by atoms with E-state index in [4.69, 9.17) is 27.2 Å². The van der Waals surface area contributed by atoms with Crippen molar-refractivity contribution in [2.75, 3.05) is 18.8 Å². The first-order valence-electron chi connectivity index (χ1n) is 12.8. The maximum Gasteiger partial charge on any atom is 0.246 e. The molecule has 0 spiro atoms. The Morgan fingerprint density at radius 2 is 2.10 bits per heavy atom. The Hall–Kier alpha value is -4.37. The van der Waals surface area contributed by atoms with E-state index >= 15 is 0 Å². The van der Waals surface area contributed by atoms with Crippen LogP contribution in [-0.4, -0.2) is 48.2 Å². The molecular weight excluding hydrogens is 514 g/mol. The zero-order chi connectivity index (χ0) is 27.1. The molecule has 2 N–H and O–H groups in total. The third kappa shape index (κ3) is 4.48. The fraction of sp³-hybridized carbons (Fsp3) is 0.241. The third-order valence-corrected chi connectivity index (χ3v) is 7.61. The summed E-state index contributed by atoms with van der Waals surface area (Å²) in [6, 6.07) is 13.8. The lowest BCUT2D eigenvalue weighted by Gasteiger charge is -2.32. The number of hydrogen-bond acceptors (Lipinski definition) is 6.